The minimum atomic E-state index is -0.765. The quantitative estimate of drug-likeness (QED) is 0.766. The lowest BCUT2D eigenvalue weighted by Gasteiger charge is -2.14. The highest BCUT2D eigenvalue weighted by molar-refractivity contribution is 9.10. The summed E-state index contributed by atoms with van der Waals surface area (Å²) < 4.78 is 7.12. The third-order valence-corrected chi connectivity index (χ3v) is 5.97. The molecule has 0 aliphatic rings. The number of methoxy groups -OCH3 is 1. The summed E-state index contributed by atoms with van der Waals surface area (Å²) in [7, 11) is 1.64. The lowest BCUT2D eigenvalue weighted by atomic mass is 10.2. The Bertz CT molecular complexity index is 367. The number of carboxylic acids is 1. The van der Waals surface area contributed by atoms with E-state index in [1.807, 2.05) is 18.4 Å². The van der Waals surface area contributed by atoms with Crippen LogP contribution in [0.3, 0.4) is 0 Å². The van der Waals surface area contributed by atoms with Crippen molar-refractivity contribution >= 4 is 45.0 Å². The molecule has 1 heterocycles. The van der Waals surface area contributed by atoms with E-state index in [0.29, 0.717) is 6.42 Å². The summed E-state index contributed by atoms with van der Waals surface area (Å²) in [5, 5.41) is 10.7. The number of carboxylic acid groups (broad SMARTS) is 1. The molecule has 0 radical (unpaired) electrons. The van der Waals surface area contributed by atoms with E-state index in [-0.39, 0.29) is 6.10 Å². The van der Waals surface area contributed by atoms with Gasteiger partial charge in [-0.15, -0.1) is 11.3 Å². The molecule has 0 saturated carbocycles. The van der Waals surface area contributed by atoms with E-state index in [9.17, 15) is 9.90 Å². The van der Waals surface area contributed by atoms with Crippen molar-refractivity contribution < 1.29 is 14.6 Å². The van der Waals surface area contributed by atoms with Crippen LogP contribution in [-0.4, -0.2) is 29.5 Å². The number of carbonyl (C=O) groups is 1. The zero-order chi connectivity index (χ0) is 12.8. The SMILES string of the molecule is COC(C)CCC(Sc1sccc1Br)C(=O)O. The molecule has 0 amide bonds. The first kappa shape index (κ1) is 15.0. The van der Waals surface area contributed by atoms with Crippen LogP contribution in [0.4, 0.5) is 0 Å². The Morgan fingerprint density at radius 1 is 1.65 bits per heavy atom. The van der Waals surface area contributed by atoms with Crippen LogP contribution < -0.4 is 0 Å². The van der Waals surface area contributed by atoms with E-state index in [0.717, 1.165) is 15.1 Å². The fraction of sp³-hybridized carbons (Fsp3) is 0.545. The van der Waals surface area contributed by atoms with Gasteiger partial charge in [-0.3, -0.25) is 4.79 Å². The summed E-state index contributed by atoms with van der Waals surface area (Å²) in [6.07, 6.45) is 1.47. The first-order valence-electron chi connectivity index (χ1n) is 5.19. The molecule has 1 aromatic rings. The summed E-state index contributed by atoms with van der Waals surface area (Å²) in [5.74, 6) is -0.765. The predicted octanol–water partition coefficient (Wildman–Crippen LogP) is 3.87. The first-order valence-corrected chi connectivity index (χ1v) is 7.75. The Kier molecular flexibility index (Phi) is 6.54. The van der Waals surface area contributed by atoms with Crippen molar-refractivity contribution in [3.63, 3.8) is 0 Å². The predicted molar refractivity (Wildman–Crippen MR) is 75.0 cm³/mol. The fourth-order valence-corrected chi connectivity index (χ4v) is 4.14. The Morgan fingerprint density at radius 2 is 2.35 bits per heavy atom. The Balaban J connectivity index is 2.55. The fourth-order valence-electron chi connectivity index (χ4n) is 1.23. The molecular weight excluding hydrogens is 324 g/mol. The van der Waals surface area contributed by atoms with Gasteiger partial charge in [0.05, 0.1) is 10.3 Å². The minimum absolute atomic E-state index is 0.101. The van der Waals surface area contributed by atoms with Crippen LogP contribution in [0.5, 0.6) is 0 Å². The Morgan fingerprint density at radius 3 is 2.82 bits per heavy atom. The van der Waals surface area contributed by atoms with E-state index in [1.165, 1.54) is 11.8 Å². The maximum Gasteiger partial charge on any atom is 0.317 e. The van der Waals surface area contributed by atoms with Gasteiger partial charge >= 0.3 is 5.97 Å². The number of rotatable bonds is 7. The van der Waals surface area contributed by atoms with Crippen LogP contribution in [0.25, 0.3) is 0 Å². The van der Waals surface area contributed by atoms with Gasteiger partial charge in [-0.2, -0.15) is 0 Å². The lowest BCUT2D eigenvalue weighted by molar-refractivity contribution is -0.136. The maximum absolute atomic E-state index is 11.2. The van der Waals surface area contributed by atoms with Gasteiger partial charge < -0.3 is 9.84 Å². The molecule has 2 atom stereocenters. The van der Waals surface area contributed by atoms with Gasteiger partial charge in [0.25, 0.3) is 0 Å². The molecule has 1 aromatic heterocycles. The van der Waals surface area contributed by atoms with Crippen molar-refractivity contribution in [1.82, 2.24) is 0 Å². The summed E-state index contributed by atoms with van der Waals surface area (Å²) in [6, 6.07) is 1.93. The van der Waals surface area contributed by atoms with E-state index in [1.54, 1.807) is 18.4 Å². The average Bonchev–Trinajstić information content (AvgIpc) is 2.69. The smallest absolute Gasteiger partial charge is 0.317 e. The normalized spacial score (nSPS) is 14.5. The van der Waals surface area contributed by atoms with Crippen molar-refractivity contribution in [3.05, 3.63) is 15.9 Å². The molecule has 96 valence electrons. The Hall–Kier alpha value is -0.0400. The minimum Gasteiger partial charge on any atom is -0.480 e. The lowest BCUT2D eigenvalue weighted by Crippen LogP contribution is -2.18. The van der Waals surface area contributed by atoms with E-state index in [2.05, 4.69) is 15.9 Å². The van der Waals surface area contributed by atoms with Crippen LogP contribution in [-0.2, 0) is 9.53 Å². The molecule has 0 bridgehead atoms. The number of halogens is 1. The van der Waals surface area contributed by atoms with E-state index >= 15 is 0 Å². The van der Waals surface area contributed by atoms with Crippen LogP contribution in [0.1, 0.15) is 19.8 Å². The molecule has 0 saturated heterocycles. The number of hydrogen-bond acceptors (Lipinski definition) is 4. The second kappa shape index (κ2) is 7.41. The molecule has 2 unspecified atom stereocenters. The second-order valence-electron chi connectivity index (χ2n) is 3.62. The number of aliphatic carboxylic acids is 1. The first-order chi connectivity index (χ1) is 8.04. The van der Waals surface area contributed by atoms with Gasteiger partial charge in [-0.05, 0) is 47.1 Å². The summed E-state index contributed by atoms with van der Waals surface area (Å²) in [6.45, 7) is 1.95. The standard InChI is InChI=1S/C11H15BrO3S2/c1-7(15-2)3-4-9(10(13)14)17-11-8(12)5-6-16-11/h5-7,9H,3-4H2,1-2H3,(H,13,14). The van der Waals surface area contributed by atoms with E-state index < -0.39 is 11.2 Å². The van der Waals surface area contributed by atoms with Gasteiger partial charge in [-0.1, -0.05) is 11.8 Å². The van der Waals surface area contributed by atoms with Crippen LogP contribution >= 0.6 is 39.0 Å². The number of ether oxygens (including phenoxy) is 1. The third kappa shape index (κ3) is 4.99. The third-order valence-electron chi connectivity index (χ3n) is 2.35. The van der Waals surface area contributed by atoms with Crippen molar-refractivity contribution in [2.45, 2.75) is 35.3 Å². The molecule has 1 N–H and O–H groups in total. The van der Waals surface area contributed by atoms with Crippen LogP contribution in [0.15, 0.2) is 20.1 Å². The monoisotopic (exact) mass is 338 g/mol. The zero-order valence-corrected chi connectivity index (χ0v) is 12.9. The van der Waals surface area contributed by atoms with Crippen LogP contribution in [0, 0.1) is 0 Å². The molecule has 0 spiro atoms. The second-order valence-corrected chi connectivity index (χ2v) is 6.87. The zero-order valence-electron chi connectivity index (χ0n) is 9.68. The molecule has 0 fully saturated rings. The van der Waals surface area contributed by atoms with Gasteiger partial charge in [0.1, 0.15) is 5.25 Å². The average molecular weight is 339 g/mol. The van der Waals surface area contributed by atoms with Gasteiger partial charge in [0, 0.05) is 11.6 Å². The summed E-state index contributed by atoms with van der Waals surface area (Å²) in [4.78, 5) is 11.2. The van der Waals surface area contributed by atoms with Gasteiger partial charge in [-0.25, -0.2) is 0 Å². The highest BCUT2D eigenvalue weighted by Gasteiger charge is 2.21. The molecule has 17 heavy (non-hydrogen) atoms. The highest BCUT2D eigenvalue weighted by atomic mass is 79.9. The number of thiophene rings is 1. The van der Waals surface area contributed by atoms with Gasteiger partial charge in [0.15, 0.2) is 0 Å². The molecular formula is C11H15BrO3S2. The maximum atomic E-state index is 11.2. The molecule has 3 nitrogen and oxygen atoms in total. The van der Waals surface area contributed by atoms with Gasteiger partial charge in [0.2, 0.25) is 0 Å². The Labute approximate surface area is 118 Å². The van der Waals surface area contributed by atoms with Crippen LogP contribution in [0.2, 0.25) is 0 Å². The molecule has 0 aliphatic carbocycles. The molecule has 1 rings (SSSR count). The van der Waals surface area contributed by atoms with Crippen molar-refractivity contribution in [1.29, 1.82) is 0 Å². The number of hydrogen-bond donors (Lipinski definition) is 1. The molecule has 0 aromatic carbocycles. The van der Waals surface area contributed by atoms with Crippen molar-refractivity contribution in [3.8, 4) is 0 Å². The highest BCUT2D eigenvalue weighted by Crippen LogP contribution is 2.37. The summed E-state index contributed by atoms with van der Waals surface area (Å²) in [5.41, 5.74) is 0. The summed E-state index contributed by atoms with van der Waals surface area (Å²) >= 11 is 6.37. The largest absolute Gasteiger partial charge is 0.480 e. The number of thioether (sulfide) groups is 1. The van der Waals surface area contributed by atoms with Crippen molar-refractivity contribution in [2.24, 2.45) is 0 Å². The molecule has 0 aliphatic heterocycles. The molecule has 6 heteroatoms. The van der Waals surface area contributed by atoms with Crippen molar-refractivity contribution in [2.75, 3.05) is 7.11 Å². The van der Waals surface area contributed by atoms with E-state index in [4.69, 9.17) is 4.74 Å². The topological polar surface area (TPSA) is 46.5 Å².